The molecule has 2 aromatic heterocycles. The molecule has 162 valence electrons. The minimum atomic E-state index is -0.442. The topological polar surface area (TPSA) is 72.7 Å². The lowest BCUT2D eigenvalue weighted by Crippen LogP contribution is -2.29. The molecule has 3 rings (SSSR count). The molecular weight excluding hydrogens is 420 g/mol. The molecule has 0 saturated heterocycles. The fraction of sp³-hybridized carbons (Fsp3) is 0.500. The molecule has 0 aliphatic rings. The van der Waals surface area contributed by atoms with Gasteiger partial charge in [-0.1, -0.05) is 80.9 Å². The number of hydrogen-bond acceptors (Lipinski definition) is 4. The van der Waals surface area contributed by atoms with Crippen LogP contribution in [-0.4, -0.2) is 19.1 Å². The van der Waals surface area contributed by atoms with Crippen LogP contribution in [0.1, 0.15) is 57.4 Å². The lowest BCUT2D eigenvalue weighted by atomic mass is 10.1. The van der Waals surface area contributed by atoms with Crippen LogP contribution in [0.25, 0.3) is 11.2 Å². The average Bonchev–Trinajstić information content (AvgIpc) is 3.10. The third-order valence-electron chi connectivity index (χ3n) is 5.24. The smallest absolute Gasteiger partial charge is 0.313 e. The number of rotatable bonds is 11. The fourth-order valence-electron chi connectivity index (χ4n) is 3.49. The van der Waals surface area contributed by atoms with Gasteiger partial charge in [-0.25, -0.2) is 9.78 Å². The second-order valence-corrected chi connectivity index (χ2v) is 8.95. The van der Waals surface area contributed by atoms with E-state index >= 15 is 0 Å². The largest absolute Gasteiger partial charge is 0.329 e. The number of benzene rings is 1. The maximum atomic E-state index is 12.6. The molecule has 0 radical (unpaired) electrons. The number of halogens is 1. The summed E-state index contributed by atoms with van der Waals surface area (Å²) >= 11 is 7.54. The van der Waals surface area contributed by atoms with Gasteiger partial charge in [-0.3, -0.25) is 14.3 Å². The Balaban J connectivity index is 1.79. The Labute approximate surface area is 185 Å². The van der Waals surface area contributed by atoms with Gasteiger partial charge in [0.25, 0.3) is 5.56 Å². The van der Waals surface area contributed by atoms with E-state index in [1.165, 1.54) is 36.7 Å². The first-order valence-corrected chi connectivity index (χ1v) is 11.9. The van der Waals surface area contributed by atoms with Gasteiger partial charge < -0.3 is 4.57 Å². The summed E-state index contributed by atoms with van der Waals surface area (Å²) in [5.41, 5.74) is 1.22. The lowest BCUT2D eigenvalue weighted by Gasteiger charge is -2.09. The second-order valence-electron chi connectivity index (χ2n) is 7.57. The van der Waals surface area contributed by atoms with Gasteiger partial charge in [-0.15, -0.1) is 0 Å². The second kappa shape index (κ2) is 10.9. The molecule has 3 aromatic rings. The minimum absolute atomic E-state index is 0.373. The third-order valence-corrected chi connectivity index (χ3v) is 6.54. The normalized spacial score (nSPS) is 11.4. The number of thioether (sulfide) groups is 1. The molecule has 0 saturated carbocycles. The number of nitrogens with one attached hydrogen (secondary N) is 1. The molecule has 0 aliphatic heterocycles. The maximum absolute atomic E-state index is 12.6. The Bertz CT molecular complexity index is 1090. The number of aromatic nitrogens is 4. The van der Waals surface area contributed by atoms with Crippen LogP contribution in [0, 0.1) is 0 Å². The molecule has 0 aliphatic carbocycles. The van der Waals surface area contributed by atoms with E-state index in [0.29, 0.717) is 28.5 Å². The summed E-state index contributed by atoms with van der Waals surface area (Å²) in [4.78, 5) is 31.6. The van der Waals surface area contributed by atoms with E-state index in [9.17, 15) is 9.59 Å². The molecule has 8 heteroatoms. The predicted octanol–water partition coefficient (Wildman–Crippen LogP) is 5.12. The molecule has 0 unspecified atom stereocenters. The standard InChI is InChI=1S/C22H29ClN4O2S/c1-3-4-5-6-7-8-9-14-27-18-19(26(2)21(29)25-20(18)28)24-22(27)30-15-16-10-12-17(23)13-11-16/h10-13H,3-9,14-15H2,1-2H3,(H,25,28,29). The molecule has 0 fully saturated rings. The van der Waals surface area contributed by atoms with Crippen LogP contribution >= 0.6 is 23.4 Å². The third kappa shape index (κ3) is 5.58. The van der Waals surface area contributed by atoms with E-state index in [4.69, 9.17) is 11.6 Å². The van der Waals surface area contributed by atoms with E-state index in [1.54, 1.807) is 18.8 Å². The highest BCUT2D eigenvalue weighted by atomic mass is 35.5. The van der Waals surface area contributed by atoms with Gasteiger partial charge in [0, 0.05) is 24.4 Å². The first kappa shape index (κ1) is 22.7. The minimum Gasteiger partial charge on any atom is -0.313 e. The van der Waals surface area contributed by atoms with Crippen molar-refractivity contribution >= 4 is 34.5 Å². The summed E-state index contributed by atoms with van der Waals surface area (Å²) in [5.74, 6) is 0.712. The number of hydrogen-bond donors (Lipinski definition) is 1. The quantitative estimate of drug-likeness (QED) is 0.326. The number of imidazole rings is 1. The molecule has 0 atom stereocenters. The molecule has 6 nitrogen and oxygen atoms in total. The summed E-state index contributed by atoms with van der Waals surface area (Å²) in [5, 5.41) is 1.47. The van der Waals surface area contributed by atoms with Crippen molar-refractivity contribution in [2.75, 3.05) is 0 Å². The van der Waals surface area contributed by atoms with Crippen molar-refractivity contribution in [3.05, 3.63) is 55.7 Å². The highest BCUT2D eigenvalue weighted by Crippen LogP contribution is 2.26. The number of fused-ring (bicyclic) bond motifs is 1. The zero-order chi connectivity index (χ0) is 21.5. The highest BCUT2D eigenvalue weighted by molar-refractivity contribution is 7.98. The summed E-state index contributed by atoms with van der Waals surface area (Å²) in [6.07, 6.45) is 8.38. The summed E-state index contributed by atoms with van der Waals surface area (Å²) < 4.78 is 3.38. The Morgan fingerprint density at radius 3 is 2.40 bits per heavy atom. The summed E-state index contributed by atoms with van der Waals surface area (Å²) in [6.45, 7) is 2.94. The predicted molar refractivity (Wildman–Crippen MR) is 125 cm³/mol. The fourth-order valence-corrected chi connectivity index (χ4v) is 4.59. The molecule has 2 heterocycles. The van der Waals surface area contributed by atoms with E-state index in [0.717, 1.165) is 23.6 Å². The number of aryl methyl sites for hydroxylation is 2. The zero-order valence-corrected chi connectivity index (χ0v) is 19.2. The van der Waals surface area contributed by atoms with Crippen LogP contribution in [0.2, 0.25) is 5.02 Å². The van der Waals surface area contributed by atoms with Crippen molar-refractivity contribution < 1.29 is 0 Å². The molecule has 30 heavy (non-hydrogen) atoms. The molecule has 1 aromatic carbocycles. The van der Waals surface area contributed by atoms with Crippen LogP contribution in [0.15, 0.2) is 39.0 Å². The van der Waals surface area contributed by atoms with Crippen molar-refractivity contribution in [2.24, 2.45) is 7.05 Å². The van der Waals surface area contributed by atoms with Crippen molar-refractivity contribution in [1.82, 2.24) is 19.1 Å². The number of aromatic amines is 1. The first-order chi connectivity index (χ1) is 14.5. The van der Waals surface area contributed by atoms with Crippen LogP contribution in [0.4, 0.5) is 0 Å². The van der Waals surface area contributed by atoms with Crippen LogP contribution in [0.5, 0.6) is 0 Å². The Hall–Kier alpha value is -1.99. The van der Waals surface area contributed by atoms with Gasteiger partial charge in [0.2, 0.25) is 0 Å². The van der Waals surface area contributed by atoms with E-state index < -0.39 is 5.69 Å². The summed E-state index contributed by atoms with van der Waals surface area (Å²) in [6, 6.07) is 7.71. The zero-order valence-electron chi connectivity index (χ0n) is 17.6. The maximum Gasteiger partial charge on any atom is 0.329 e. The van der Waals surface area contributed by atoms with Gasteiger partial charge in [0.1, 0.15) is 0 Å². The number of unbranched alkanes of at least 4 members (excludes halogenated alkanes) is 6. The van der Waals surface area contributed by atoms with Gasteiger partial charge in [0.15, 0.2) is 16.3 Å². The van der Waals surface area contributed by atoms with Crippen LogP contribution in [0.3, 0.4) is 0 Å². The van der Waals surface area contributed by atoms with E-state index in [2.05, 4.69) is 16.9 Å². The number of H-pyrrole nitrogens is 1. The van der Waals surface area contributed by atoms with Gasteiger partial charge in [0.05, 0.1) is 0 Å². The van der Waals surface area contributed by atoms with Crippen LogP contribution < -0.4 is 11.2 Å². The van der Waals surface area contributed by atoms with Crippen molar-refractivity contribution in [1.29, 1.82) is 0 Å². The lowest BCUT2D eigenvalue weighted by molar-refractivity contribution is 0.538. The van der Waals surface area contributed by atoms with Crippen molar-refractivity contribution in [3.63, 3.8) is 0 Å². The van der Waals surface area contributed by atoms with E-state index in [-0.39, 0.29) is 5.56 Å². The SMILES string of the molecule is CCCCCCCCCn1c(SCc2ccc(Cl)cc2)nc2c1c(=O)[nH]c(=O)n2C. The first-order valence-electron chi connectivity index (χ1n) is 10.6. The summed E-state index contributed by atoms with van der Waals surface area (Å²) in [7, 11) is 1.64. The number of nitrogens with zero attached hydrogens (tertiary/aromatic N) is 3. The molecular formula is C22H29ClN4O2S. The Morgan fingerprint density at radius 2 is 1.70 bits per heavy atom. The van der Waals surface area contributed by atoms with Crippen molar-refractivity contribution in [2.45, 2.75) is 69.3 Å². The van der Waals surface area contributed by atoms with Gasteiger partial charge in [-0.2, -0.15) is 0 Å². The average molecular weight is 449 g/mol. The Morgan fingerprint density at radius 1 is 1.03 bits per heavy atom. The molecule has 0 amide bonds. The van der Waals surface area contributed by atoms with Crippen LogP contribution in [-0.2, 0) is 19.3 Å². The molecule has 0 spiro atoms. The van der Waals surface area contributed by atoms with Crippen molar-refractivity contribution in [3.8, 4) is 0 Å². The molecule has 0 bridgehead atoms. The monoisotopic (exact) mass is 448 g/mol. The highest BCUT2D eigenvalue weighted by Gasteiger charge is 2.17. The van der Waals surface area contributed by atoms with Gasteiger partial charge >= 0.3 is 5.69 Å². The van der Waals surface area contributed by atoms with E-state index in [1.807, 2.05) is 28.8 Å². The Kier molecular flexibility index (Phi) is 8.22. The van der Waals surface area contributed by atoms with Gasteiger partial charge in [-0.05, 0) is 24.1 Å². The molecule has 1 N–H and O–H groups in total.